The molecule has 37 heavy (non-hydrogen) atoms. The summed E-state index contributed by atoms with van der Waals surface area (Å²) in [6.45, 7) is 7.17. The van der Waals surface area contributed by atoms with Crippen LogP contribution in [0.25, 0.3) is 0 Å². The highest BCUT2D eigenvalue weighted by Crippen LogP contribution is 2.18. The monoisotopic (exact) mass is 525 g/mol. The van der Waals surface area contributed by atoms with E-state index in [1.807, 2.05) is 0 Å². The normalized spacial score (nSPS) is 12.0. The van der Waals surface area contributed by atoms with Gasteiger partial charge in [0.15, 0.2) is 0 Å². The molecule has 0 aliphatic heterocycles. The lowest BCUT2D eigenvalue weighted by Gasteiger charge is -2.13. The summed E-state index contributed by atoms with van der Waals surface area (Å²) in [5.41, 5.74) is 0. The van der Waals surface area contributed by atoms with Crippen molar-refractivity contribution in [3.05, 3.63) is 12.2 Å². The molecule has 0 aromatic carbocycles. The van der Waals surface area contributed by atoms with Crippen LogP contribution in [0.3, 0.4) is 0 Å². The zero-order valence-electron chi connectivity index (χ0n) is 25.6. The Balaban J connectivity index is 0. The van der Waals surface area contributed by atoms with Gasteiger partial charge in [0.25, 0.3) is 0 Å². The van der Waals surface area contributed by atoms with Gasteiger partial charge >= 0.3 is 5.97 Å². The lowest BCUT2D eigenvalue weighted by molar-refractivity contribution is -0.137. The molecule has 0 aliphatic rings. The molecule has 0 aromatic rings. The Morgan fingerprint density at radius 3 is 1.30 bits per heavy atom. The van der Waals surface area contributed by atoms with Gasteiger partial charge in [0, 0.05) is 13.0 Å². The van der Waals surface area contributed by atoms with Gasteiger partial charge in [-0.2, -0.15) is 0 Å². The maximum atomic E-state index is 10.3. The summed E-state index contributed by atoms with van der Waals surface area (Å²) in [5.74, 6) is -0.0827. The van der Waals surface area contributed by atoms with Crippen LogP contribution in [0.1, 0.15) is 188 Å². The van der Waals surface area contributed by atoms with Crippen molar-refractivity contribution in [3.63, 3.8) is 0 Å². The molecule has 0 amide bonds. The third-order valence-electron chi connectivity index (χ3n) is 7.34. The largest absolute Gasteiger partial charge is 0.481 e. The fourth-order valence-electron chi connectivity index (χ4n) is 4.75. The molecule has 0 fully saturated rings. The quantitative estimate of drug-likeness (QED) is 0.0790. The Morgan fingerprint density at radius 2 is 0.892 bits per heavy atom. The first-order chi connectivity index (χ1) is 18.1. The molecule has 2 N–H and O–H groups in total. The smallest absolute Gasteiger partial charge is 0.303 e. The molecule has 0 rings (SSSR count). The molecule has 1 atom stereocenters. The summed E-state index contributed by atoms with van der Waals surface area (Å²) >= 11 is 0. The topological polar surface area (TPSA) is 57.5 Å². The van der Waals surface area contributed by atoms with E-state index >= 15 is 0 Å². The first kappa shape index (κ1) is 38.3. The Hall–Kier alpha value is -0.830. The van der Waals surface area contributed by atoms with Gasteiger partial charge in [-0.05, 0) is 50.9 Å². The number of allylic oxidation sites excluding steroid dienone is 2. The van der Waals surface area contributed by atoms with Gasteiger partial charge in [-0.15, -0.1) is 0 Å². The van der Waals surface area contributed by atoms with E-state index in [1.165, 1.54) is 148 Å². The predicted octanol–water partition coefficient (Wildman–Crippen LogP) is 11.4. The zero-order valence-corrected chi connectivity index (χ0v) is 25.6. The standard InChI is InChI=1S/C18H34O2.C16H34O/c1-2-3-4-5-6-7-8-9-10-11-12-13-14-15-16-17-18(19)20;1-3-5-7-9-10-12-14-16(15-17)13-11-8-6-4-2/h9-10H,2-8,11-17H2,1H3,(H,19,20);16-17H,3-15H2,1-2H3. The average Bonchev–Trinajstić information content (AvgIpc) is 2.89. The van der Waals surface area contributed by atoms with Crippen molar-refractivity contribution in [1.29, 1.82) is 0 Å². The summed E-state index contributed by atoms with van der Waals surface area (Å²) in [5, 5.41) is 17.8. The molecule has 0 saturated heterocycles. The number of aliphatic hydroxyl groups is 1. The van der Waals surface area contributed by atoms with Crippen molar-refractivity contribution < 1.29 is 15.0 Å². The van der Waals surface area contributed by atoms with E-state index in [9.17, 15) is 9.90 Å². The van der Waals surface area contributed by atoms with Gasteiger partial charge in [-0.3, -0.25) is 4.79 Å². The van der Waals surface area contributed by atoms with E-state index in [2.05, 4.69) is 32.9 Å². The first-order valence-electron chi connectivity index (χ1n) is 16.6. The number of aliphatic hydroxyl groups excluding tert-OH is 1. The number of carboxylic acid groups (broad SMARTS) is 1. The summed E-state index contributed by atoms with van der Waals surface area (Å²) < 4.78 is 0. The number of rotatable bonds is 28. The van der Waals surface area contributed by atoms with Gasteiger partial charge in [0.1, 0.15) is 0 Å². The van der Waals surface area contributed by atoms with Crippen LogP contribution in [0, 0.1) is 5.92 Å². The second kappa shape index (κ2) is 35.2. The minimum Gasteiger partial charge on any atom is -0.481 e. The van der Waals surface area contributed by atoms with E-state index in [1.54, 1.807) is 0 Å². The number of carbonyl (C=O) groups is 1. The third kappa shape index (κ3) is 37.4. The van der Waals surface area contributed by atoms with Crippen LogP contribution < -0.4 is 0 Å². The zero-order chi connectivity index (χ0) is 27.7. The Bertz CT molecular complexity index is 446. The van der Waals surface area contributed by atoms with Crippen LogP contribution in [0.2, 0.25) is 0 Å². The van der Waals surface area contributed by atoms with E-state index < -0.39 is 5.97 Å². The van der Waals surface area contributed by atoms with Gasteiger partial charge in [-0.25, -0.2) is 0 Å². The van der Waals surface area contributed by atoms with Crippen molar-refractivity contribution in [2.45, 2.75) is 188 Å². The predicted molar refractivity (Wildman–Crippen MR) is 164 cm³/mol. The molecule has 0 spiro atoms. The molecular formula is C34H68O3. The third-order valence-corrected chi connectivity index (χ3v) is 7.34. The van der Waals surface area contributed by atoms with Crippen LogP contribution in [0.4, 0.5) is 0 Å². The van der Waals surface area contributed by atoms with Crippen LogP contribution in [-0.2, 0) is 4.79 Å². The van der Waals surface area contributed by atoms with E-state index in [4.69, 9.17) is 5.11 Å². The molecule has 1 unspecified atom stereocenters. The molecule has 0 aromatic heterocycles. The van der Waals surface area contributed by atoms with Crippen LogP contribution in [0.15, 0.2) is 12.2 Å². The van der Waals surface area contributed by atoms with Crippen LogP contribution in [-0.4, -0.2) is 22.8 Å². The molecule has 0 bridgehead atoms. The fourth-order valence-corrected chi connectivity index (χ4v) is 4.75. The SMILES string of the molecule is CCCCCCCCC(CO)CCCCCC.CCCCCCCCC=CCCCCCCCC(=O)O. The second-order valence-corrected chi connectivity index (χ2v) is 11.2. The van der Waals surface area contributed by atoms with Crippen molar-refractivity contribution in [3.8, 4) is 0 Å². The van der Waals surface area contributed by atoms with Crippen LogP contribution >= 0.6 is 0 Å². The molecule has 222 valence electrons. The number of hydrogen-bond acceptors (Lipinski definition) is 2. The minimum atomic E-state index is -0.664. The second-order valence-electron chi connectivity index (χ2n) is 11.2. The first-order valence-corrected chi connectivity index (χ1v) is 16.6. The Morgan fingerprint density at radius 1 is 0.541 bits per heavy atom. The lowest BCUT2D eigenvalue weighted by Crippen LogP contribution is -2.06. The van der Waals surface area contributed by atoms with Gasteiger partial charge < -0.3 is 10.2 Å². The number of hydrogen-bond donors (Lipinski definition) is 2. The number of aliphatic carboxylic acids is 1. The van der Waals surface area contributed by atoms with E-state index in [0.29, 0.717) is 18.9 Å². The highest BCUT2D eigenvalue weighted by atomic mass is 16.4. The summed E-state index contributed by atoms with van der Waals surface area (Å²) in [7, 11) is 0. The van der Waals surface area contributed by atoms with Gasteiger partial charge in [-0.1, -0.05) is 148 Å². The van der Waals surface area contributed by atoms with E-state index in [-0.39, 0.29) is 0 Å². The Labute approximate surface area is 233 Å². The maximum Gasteiger partial charge on any atom is 0.303 e. The number of unbranched alkanes of at least 4 members (excludes halogenated alkanes) is 19. The molecule has 0 aliphatic carbocycles. The molecular weight excluding hydrogens is 456 g/mol. The number of carboxylic acids is 1. The van der Waals surface area contributed by atoms with Crippen molar-refractivity contribution in [1.82, 2.24) is 0 Å². The fraction of sp³-hybridized carbons (Fsp3) is 0.912. The highest BCUT2D eigenvalue weighted by molar-refractivity contribution is 5.66. The average molecular weight is 525 g/mol. The maximum absolute atomic E-state index is 10.3. The van der Waals surface area contributed by atoms with Crippen LogP contribution in [0.5, 0.6) is 0 Å². The molecule has 3 nitrogen and oxygen atoms in total. The molecule has 0 radical (unpaired) electrons. The molecule has 0 saturated carbocycles. The summed E-state index contributed by atoms with van der Waals surface area (Å²) in [4.78, 5) is 10.3. The van der Waals surface area contributed by atoms with Crippen molar-refractivity contribution in [2.24, 2.45) is 5.92 Å². The highest BCUT2D eigenvalue weighted by Gasteiger charge is 2.06. The van der Waals surface area contributed by atoms with E-state index in [0.717, 1.165) is 12.8 Å². The Kier molecular flexibility index (Phi) is 36.4. The summed E-state index contributed by atoms with van der Waals surface area (Å²) in [6, 6.07) is 0. The lowest BCUT2D eigenvalue weighted by atomic mass is 9.95. The van der Waals surface area contributed by atoms with Crippen molar-refractivity contribution in [2.75, 3.05) is 6.61 Å². The molecule has 3 heteroatoms. The summed E-state index contributed by atoms with van der Waals surface area (Å²) in [6.07, 6.45) is 37.3. The van der Waals surface area contributed by atoms with Gasteiger partial charge in [0.2, 0.25) is 0 Å². The minimum absolute atomic E-state index is 0.332. The van der Waals surface area contributed by atoms with Gasteiger partial charge in [0.05, 0.1) is 0 Å². The molecule has 0 heterocycles. The van der Waals surface area contributed by atoms with Crippen molar-refractivity contribution >= 4 is 5.97 Å².